The zero-order valence-electron chi connectivity index (χ0n) is 9.20. The first kappa shape index (κ1) is 11.0. The van der Waals surface area contributed by atoms with Crippen LogP contribution in [0.5, 0.6) is 0 Å². The van der Waals surface area contributed by atoms with Gasteiger partial charge in [-0.2, -0.15) is 0 Å². The highest BCUT2D eigenvalue weighted by molar-refractivity contribution is 6.30. The maximum absolute atomic E-state index is 5.83. The second-order valence-corrected chi connectivity index (χ2v) is 4.23. The van der Waals surface area contributed by atoms with E-state index < -0.39 is 0 Å². The summed E-state index contributed by atoms with van der Waals surface area (Å²) in [7, 11) is 0. The standard InChI is InChI=1S/C14H14ClN/c1-11-4-2-3-5-14(11)16-10-12-6-8-13(15)9-7-12/h2-9,16H,10H2,1H3. The van der Waals surface area contributed by atoms with Gasteiger partial charge in [-0.05, 0) is 36.2 Å². The van der Waals surface area contributed by atoms with E-state index in [0.29, 0.717) is 0 Å². The molecule has 0 aliphatic carbocycles. The van der Waals surface area contributed by atoms with Gasteiger partial charge < -0.3 is 5.32 Å². The van der Waals surface area contributed by atoms with Gasteiger partial charge in [0.25, 0.3) is 0 Å². The lowest BCUT2D eigenvalue weighted by molar-refractivity contribution is 1.14. The first-order valence-electron chi connectivity index (χ1n) is 5.29. The molecular formula is C14H14ClN. The molecule has 0 fully saturated rings. The highest BCUT2D eigenvalue weighted by Crippen LogP contribution is 2.15. The number of halogens is 1. The van der Waals surface area contributed by atoms with Gasteiger partial charge in [0.2, 0.25) is 0 Å². The van der Waals surface area contributed by atoms with E-state index in [0.717, 1.165) is 11.6 Å². The number of para-hydroxylation sites is 1. The summed E-state index contributed by atoms with van der Waals surface area (Å²) in [6.45, 7) is 2.92. The van der Waals surface area contributed by atoms with Gasteiger partial charge >= 0.3 is 0 Å². The van der Waals surface area contributed by atoms with E-state index in [1.807, 2.05) is 36.4 Å². The Balaban J connectivity index is 2.02. The molecule has 0 heterocycles. The lowest BCUT2D eigenvalue weighted by Gasteiger charge is -2.09. The van der Waals surface area contributed by atoms with Gasteiger partial charge in [-0.3, -0.25) is 0 Å². The van der Waals surface area contributed by atoms with Crippen LogP contribution in [0.3, 0.4) is 0 Å². The fraction of sp³-hybridized carbons (Fsp3) is 0.143. The predicted molar refractivity (Wildman–Crippen MR) is 70.0 cm³/mol. The van der Waals surface area contributed by atoms with Crippen molar-refractivity contribution in [3.05, 3.63) is 64.7 Å². The summed E-state index contributed by atoms with van der Waals surface area (Å²) in [5.41, 5.74) is 3.67. The molecule has 0 radical (unpaired) electrons. The Labute approximate surface area is 101 Å². The van der Waals surface area contributed by atoms with Gasteiger partial charge in [0, 0.05) is 17.3 Å². The Morgan fingerprint density at radius 1 is 1.00 bits per heavy atom. The number of benzene rings is 2. The highest BCUT2D eigenvalue weighted by Gasteiger charge is 1.96. The van der Waals surface area contributed by atoms with Crippen LogP contribution in [-0.2, 0) is 6.54 Å². The molecule has 0 saturated carbocycles. The number of hydrogen-bond donors (Lipinski definition) is 1. The van der Waals surface area contributed by atoms with Crippen LogP contribution in [0.25, 0.3) is 0 Å². The van der Waals surface area contributed by atoms with Gasteiger partial charge in [0.15, 0.2) is 0 Å². The lowest BCUT2D eigenvalue weighted by atomic mass is 10.2. The molecule has 0 unspecified atom stereocenters. The molecule has 0 aromatic heterocycles. The van der Waals surface area contributed by atoms with E-state index >= 15 is 0 Å². The van der Waals surface area contributed by atoms with Crippen molar-refractivity contribution in [1.29, 1.82) is 0 Å². The average molecular weight is 232 g/mol. The normalized spacial score (nSPS) is 10.1. The fourth-order valence-electron chi connectivity index (χ4n) is 1.57. The number of nitrogens with one attached hydrogen (secondary N) is 1. The topological polar surface area (TPSA) is 12.0 Å². The Hall–Kier alpha value is -1.47. The number of rotatable bonds is 3. The summed E-state index contributed by atoms with van der Waals surface area (Å²) < 4.78 is 0. The summed E-state index contributed by atoms with van der Waals surface area (Å²) in [6, 6.07) is 16.2. The first-order chi connectivity index (χ1) is 7.75. The summed E-state index contributed by atoms with van der Waals surface area (Å²) in [5.74, 6) is 0. The quantitative estimate of drug-likeness (QED) is 0.832. The third-order valence-electron chi connectivity index (χ3n) is 2.54. The van der Waals surface area contributed by atoms with Crippen molar-refractivity contribution in [3.63, 3.8) is 0 Å². The zero-order chi connectivity index (χ0) is 11.4. The third-order valence-corrected chi connectivity index (χ3v) is 2.79. The molecule has 2 aromatic carbocycles. The minimum absolute atomic E-state index is 0.777. The minimum Gasteiger partial charge on any atom is -0.381 e. The van der Waals surface area contributed by atoms with Crippen LogP contribution in [0.2, 0.25) is 5.02 Å². The number of anilines is 1. The third kappa shape index (κ3) is 2.77. The molecule has 1 N–H and O–H groups in total. The summed E-state index contributed by atoms with van der Waals surface area (Å²) in [6.07, 6.45) is 0. The molecule has 2 rings (SSSR count). The van der Waals surface area contributed by atoms with Gasteiger partial charge in [-0.1, -0.05) is 41.9 Å². The Bertz CT molecular complexity index is 462. The van der Waals surface area contributed by atoms with E-state index in [1.165, 1.54) is 16.8 Å². The smallest absolute Gasteiger partial charge is 0.0406 e. The van der Waals surface area contributed by atoms with Crippen LogP contribution in [-0.4, -0.2) is 0 Å². The van der Waals surface area contributed by atoms with Crippen LogP contribution >= 0.6 is 11.6 Å². The van der Waals surface area contributed by atoms with Gasteiger partial charge in [0.1, 0.15) is 0 Å². The van der Waals surface area contributed by atoms with Crippen LogP contribution in [0.15, 0.2) is 48.5 Å². The molecule has 1 nitrogen and oxygen atoms in total. The Morgan fingerprint density at radius 2 is 1.69 bits per heavy atom. The van der Waals surface area contributed by atoms with Gasteiger partial charge in [-0.25, -0.2) is 0 Å². The van der Waals surface area contributed by atoms with E-state index in [4.69, 9.17) is 11.6 Å². The van der Waals surface area contributed by atoms with E-state index in [-0.39, 0.29) is 0 Å². The minimum atomic E-state index is 0.777. The van der Waals surface area contributed by atoms with Crippen molar-refractivity contribution >= 4 is 17.3 Å². The van der Waals surface area contributed by atoms with Crippen LogP contribution in [0, 0.1) is 6.92 Å². The molecule has 82 valence electrons. The van der Waals surface area contributed by atoms with Crippen LogP contribution in [0.1, 0.15) is 11.1 Å². The summed E-state index contributed by atoms with van der Waals surface area (Å²) in [5, 5.41) is 4.18. The van der Waals surface area contributed by atoms with Gasteiger partial charge in [0.05, 0.1) is 0 Å². The zero-order valence-corrected chi connectivity index (χ0v) is 9.96. The summed E-state index contributed by atoms with van der Waals surface area (Å²) in [4.78, 5) is 0. The van der Waals surface area contributed by atoms with Crippen molar-refractivity contribution in [3.8, 4) is 0 Å². The summed E-state index contributed by atoms with van der Waals surface area (Å²) >= 11 is 5.83. The Kier molecular flexibility index (Phi) is 3.47. The van der Waals surface area contributed by atoms with Crippen molar-refractivity contribution < 1.29 is 0 Å². The molecule has 0 bridgehead atoms. The van der Waals surface area contributed by atoms with Crippen LogP contribution in [0.4, 0.5) is 5.69 Å². The highest BCUT2D eigenvalue weighted by atomic mass is 35.5. The largest absolute Gasteiger partial charge is 0.381 e. The fourth-order valence-corrected chi connectivity index (χ4v) is 1.70. The maximum Gasteiger partial charge on any atom is 0.0406 e. The van der Waals surface area contributed by atoms with E-state index in [2.05, 4.69) is 24.4 Å². The average Bonchev–Trinajstić information content (AvgIpc) is 2.30. The van der Waals surface area contributed by atoms with Gasteiger partial charge in [-0.15, -0.1) is 0 Å². The predicted octanol–water partition coefficient (Wildman–Crippen LogP) is 4.26. The second-order valence-electron chi connectivity index (χ2n) is 3.79. The maximum atomic E-state index is 5.83. The van der Waals surface area contributed by atoms with Crippen molar-refractivity contribution in [2.45, 2.75) is 13.5 Å². The number of hydrogen-bond acceptors (Lipinski definition) is 1. The van der Waals surface area contributed by atoms with E-state index in [1.54, 1.807) is 0 Å². The second kappa shape index (κ2) is 5.04. The molecule has 16 heavy (non-hydrogen) atoms. The molecule has 0 aliphatic rings. The molecular weight excluding hydrogens is 218 g/mol. The van der Waals surface area contributed by atoms with E-state index in [9.17, 15) is 0 Å². The molecule has 0 spiro atoms. The molecule has 0 atom stereocenters. The SMILES string of the molecule is Cc1ccccc1NCc1ccc(Cl)cc1. The molecule has 0 saturated heterocycles. The number of aryl methyl sites for hydroxylation is 1. The lowest BCUT2D eigenvalue weighted by Crippen LogP contribution is -2.00. The van der Waals surface area contributed by atoms with Crippen molar-refractivity contribution in [2.24, 2.45) is 0 Å². The van der Waals surface area contributed by atoms with Crippen LogP contribution < -0.4 is 5.32 Å². The molecule has 2 aromatic rings. The molecule has 2 heteroatoms. The van der Waals surface area contributed by atoms with Crippen molar-refractivity contribution in [2.75, 3.05) is 5.32 Å². The Morgan fingerprint density at radius 3 is 2.38 bits per heavy atom. The molecule has 0 aliphatic heterocycles. The monoisotopic (exact) mass is 231 g/mol. The van der Waals surface area contributed by atoms with Crippen molar-refractivity contribution in [1.82, 2.24) is 0 Å². The first-order valence-corrected chi connectivity index (χ1v) is 5.67. The molecule has 0 amide bonds.